The first-order valence-electron chi connectivity index (χ1n) is 9.80. The molecule has 0 fully saturated rings. The number of nitrogens with one attached hydrogen (secondary N) is 2. The summed E-state index contributed by atoms with van der Waals surface area (Å²) in [6, 6.07) is 23.7. The van der Waals surface area contributed by atoms with Crippen LogP contribution in [-0.4, -0.2) is 18.4 Å². The lowest BCUT2D eigenvalue weighted by molar-refractivity contribution is -0.111. The van der Waals surface area contributed by atoms with Crippen molar-refractivity contribution in [2.75, 3.05) is 11.9 Å². The van der Waals surface area contributed by atoms with Gasteiger partial charge >= 0.3 is 0 Å². The number of anilines is 1. The van der Waals surface area contributed by atoms with Crippen LogP contribution in [0.4, 0.5) is 5.69 Å². The van der Waals surface area contributed by atoms with Crippen LogP contribution >= 0.6 is 11.6 Å². The molecular formula is C25H23ClN2O2. The van der Waals surface area contributed by atoms with Gasteiger partial charge in [-0.2, -0.15) is 0 Å². The van der Waals surface area contributed by atoms with Crippen LogP contribution in [0.15, 0.2) is 78.9 Å². The predicted octanol–water partition coefficient (Wildman–Crippen LogP) is 5.66. The van der Waals surface area contributed by atoms with E-state index in [4.69, 9.17) is 11.6 Å². The molecule has 3 aromatic carbocycles. The first-order valence-corrected chi connectivity index (χ1v) is 10.2. The van der Waals surface area contributed by atoms with E-state index in [0.29, 0.717) is 28.4 Å². The van der Waals surface area contributed by atoms with Gasteiger partial charge in [0.25, 0.3) is 11.8 Å². The van der Waals surface area contributed by atoms with Crippen molar-refractivity contribution in [1.29, 1.82) is 0 Å². The minimum Gasteiger partial charge on any atom is -0.352 e. The van der Waals surface area contributed by atoms with Crippen molar-refractivity contribution in [1.82, 2.24) is 5.32 Å². The van der Waals surface area contributed by atoms with Gasteiger partial charge in [0.1, 0.15) is 0 Å². The minimum atomic E-state index is -0.322. The van der Waals surface area contributed by atoms with E-state index in [9.17, 15) is 9.59 Å². The van der Waals surface area contributed by atoms with Gasteiger partial charge in [-0.15, -0.1) is 0 Å². The topological polar surface area (TPSA) is 58.2 Å². The van der Waals surface area contributed by atoms with Crippen LogP contribution in [0.5, 0.6) is 0 Å². The molecule has 0 unspecified atom stereocenters. The summed E-state index contributed by atoms with van der Waals surface area (Å²) in [5, 5.41) is 6.30. The Labute approximate surface area is 181 Å². The van der Waals surface area contributed by atoms with Gasteiger partial charge in [-0.1, -0.05) is 79.2 Å². The normalized spacial score (nSPS) is 11.1. The maximum Gasteiger partial charge on any atom is 0.256 e. The molecule has 0 spiro atoms. The van der Waals surface area contributed by atoms with E-state index < -0.39 is 0 Å². The first-order chi connectivity index (χ1) is 14.6. The molecule has 2 N–H and O–H groups in total. The lowest BCUT2D eigenvalue weighted by atomic mass is 10.0. The van der Waals surface area contributed by atoms with Crippen molar-refractivity contribution < 1.29 is 9.59 Å². The summed E-state index contributed by atoms with van der Waals surface area (Å²) in [6.45, 7) is 2.56. The highest BCUT2D eigenvalue weighted by atomic mass is 35.5. The molecule has 0 aromatic heterocycles. The summed E-state index contributed by atoms with van der Waals surface area (Å²) in [5.41, 5.74) is 2.82. The molecule has 0 atom stereocenters. The zero-order valence-electron chi connectivity index (χ0n) is 16.7. The Morgan fingerprint density at radius 1 is 0.900 bits per heavy atom. The Balaban J connectivity index is 1.96. The Hall–Kier alpha value is -3.37. The Kier molecular flexibility index (Phi) is 7.41. The zero-order valence-corrected chi connectivity index (χ0v) is 17.4. The largest absolute Gasteiger partial charge is 0.352 e. The molecule has 3 aromatic rings. The monoisotopic (exact) mass is 418 g/mol. The highest BCUT2D eigenvalue weighted by Gasteiger charge is 2.17. The molecule has 5 heteroatoms. The molecule has 152 valence electrons. The number of hydrogen-bond donors (Lipinski definition) is 2. The Morgan fingerprint density at radius 3 is 2.30 bits per heavy atom. The summed E-state index contributed by atoms with van der Waals surface area (Å²) in [4.78, 5) is 25.8. The molecule has 0 aliphatic rings. The molecule has 0 aliphatic heterocycles. The van der Waals surface area contributed by atoms with Gasteiger partial charge < -0.3 is 10.6 Å². The first kappa shape index (κ1) is 21.3. The van der Waals surface area contributed by atoms with Gasteiger partial charge in [0.05, 0.1) is 11.3 Å². The summed E-state index contributed by atoms with van der Waals surface area (Å²) in [6.07, 6.45) is 2.59. The summed E-state index contributed by atoms with van der Waals surface area (Å²) < 4.78 is 0. The number of carbonyl (C=O) groups excluding carboxylic acids is 2. The van der Waals surface area contributed by atoms with Crippen LogP contribution < -0.4 is 10.6 Å². The van der Waals surface area contributed by atoms with E-state index in [1.165, 1.54) is 0 Å². The van der Waals surface area contributed by atoms with E-state index >= 15 is 0 Å². The molecule has 4 nitrogen and oxygen atoms in total. The molecule has 2 amide bonds. The molecule has 0 saturated heterocycles. The number of hydrogen-bond acceptors (Lipinski definition) is 2. The van der Waals surface area contributed by atoms with Gasteiger partial charge in [-0.25, -0.2) is 0 Å². The maximum atomic E-state index is 13.3. The van der Waals surface area contributed by atoms with Crippen molar-refractivity contribution >= 4 is 40.8 Å². The van der Waals surface area contributed by atoms with E-state index in [-0.39, 0.29) is 11.8 Å². The molecule has 0 heterocycles. The summed E-state index contributed by atoms with van der Waals surface area (Å²) >= 11 is 6.31. The van der Waals surface area contributed by atoms with Gasteiger partial charge in [0, 0.05) is 17.1 Å². The van der Waals surface area contributed by atoms with Crippen LogP contribution in [0, 0.1) is 0 Å². The Bertz CT molecular complexity index is 1060. The average Bonchev–Trinajstić information content (AvgIpc) is 2.77. The fraction of sp³-hybridized carbons (Fsp3) is 0.120. The van der Waals surface area contributed by atoms with Crippen molar-refractivity contribution in [2.45, 2.75) is 13.3 Å². The van der Waals surface area contributed by atoms with E-state index in [1.807, 2.05) is 55.5 Å². The summed E-state index contributed by atoms with van der Waals surface area (Å²) in [5.74, 6) is -0.541. The lowest BCUT2D eigenvalue weighted by Crippen LogP contribution is -2.26. The van der Waals surface area contributed by atoms with Gasteiger partial charge in [0.15, 0.2) is 0 Å². The standard InChI is InChI=1S/C25H23ClN2O2/c1-2-16-27-24(29)20-13-7-9-15-23(20)28-25(30)21(18-10-4-3-5-11-18)17-19-12-6-8-14-22(19)26/h3-15,17H,2,16H2,1H3,(H,27,29)(H,28,30)/b21-17+. The van der Waals surface area contributed by atoms with Gasteiger partial charge in [0.2, 0.25) is 0 Å². The highest BCUT2D eigenvalue weighted by molar-refractivity contribution is 6.34. The van der Waals surface area contributed by atoms with E-state index in [2.05, 4.69) is 10.6 Å². The number of amides is 2. The van der Waals surface area contributed by atoms with Crippen molar-refractivity contribution in [3.8, 4) is 0 Å². The fourth-order valence-corrected chi connectivity index (χ4v) is 3.15. The second-order valence-electron chi connectivity index (χ2n) is 6.70. The molecular weight excluding hydrogens is 396 g/mol. The minimum absolute atomic E-state index is 0.218. The maximum absolute atomic E-state index is 13.3. The number of benzene rings is 3. The van der Waals surface area contributed by atoms with E-state index in [0.717, 1.165) is 17.5 Å². The van der Waals surface area contributed by atoms with Gasteiger partial charge in [-0.3, -0.25) is 9.59 Å². The second-order valence-corrected chi connectivity index (χ2v) is 7.11. The van der Waals surface area contributed by atoms with Crippen LogP contribution in [0.25, 0.3) is 11.6 Å². The Morgan fingerprint density at radius 2 is 1.57 bits per heavy atom. The third kappa shape index (κ3) is 5.37. The molecule has 0 radical (unpaired) electrons. The van der Waals surface area contributed by atoms with Crippen LogP contribution in [0.1, 0.15) is 34.8 Å². The average molecular weight is 419 g/mol. The number of para-hydroxylation sites is 1. The molecule has 0 bridgehead atoms. The van der Waals surface area contributed by atoms with Crippen LogP contribution in [0.2, 0.25) is 5.02 Å². The lowest BCUT2D eigenvalue weighted by Gasteiger charge is -2.13. The molecule has 30 heavy (non-hydrogen) atoms. The van der Waals surface area contributed by atoms with Crippen molar-refractivity contribution in [3.05, 3.63) is 101 Å². The number of carbonyl (C=O) groups is 2. The second kappa shape index (κ2) is 10.4. The van der Waals surface area contributed by atoms with Crippen molar-refractivity contribution in [3.63, 3.8) is 0 Å². The zero-order chi connectivity index (χ0) is 21.3. The third-order valence-corrected chi connectivity index (χ3v) is 4.83. The van der Waals surface area contributed by atoms with E-state index in [1.54, 1.807) is 36.4 Å². The van der Waals surface area contributed by atoms with Crippen molar-refractivity contribution in [2.24, 2.45) is 0 Å². The quantitative estimate of drug-likeness (QED) is 0.384. The number of halogens is 1. The molecule has 0 aliphatic carbocycles. The smallest absolute Gasteiger partial charge is 0.256 e. The van der Waals surface area contributed by atoms with Crippen LogP contribution in [-0.2, 0) is 4.79 Å². The SMILES string of the molecule is CCCNC(=O)c1ccccc1NC(=O)/C(=C/c1ccccc1Cl)c1ccccc1. The number of rotatable bonds is 7. The van der Waals surface area contributed by atoms with Gasteiger partial charge in [-0.05, 0) is 41.8 Å². The predicted molar refractivity (Wildman–Crippen MR) is 123 cm³/mol. The third-order valence-electron chi connectivity index (χ3n) is 4.49. The molecule has 0 saturated carbocycles. The highest BCUT2D eigenvalue weighted by Crippen LogP contribution is 2.25. The van der Waals surface area contributed by atoms with Crippen LogP contribution in [0.3, 0.4) is 0 Å². The summed E-state index contributed by atoms with van der Waals surface area (Å²) in [7, 11) is 0. The molecule has 3 rings (SSSR count). The fourth-order valence-electron chi connectivity index (χ4n) is 2.96.